The van der Waals surface area contributed by atoms with E-state index in [0.29, 0.717) is 87.1 Å². The Kier molecular flexibility index (Phi) is 14.7. The number of hydrogen-bond acceptors (Lipinski definition) is 9. The number of ether oxygens (including phenoxy) is 1. The smallest absolute Gasteiger partial charge is 0.416 e. The molecular formula is C55H54F5N9O5S. The number of aliphatic hydroxyl groups is 1. The summed E-state index contributed by atoms with van der Waals surface area (Å²) in [5, 5.41) is 24.0. The first-order valence-electron chi connectivity index (χ1n) is 24.0. The maximum Gasteiger partial charge on any atom is 0.416 e. The molecule has 0 radical (unpaired) electrons. The molecule has 0 spiro atoms. The highest BCUT2D eigenvalue weighted by atomic mass is 32.2. The van der Waals surface area contributed by atoms with Crippen LogP contribution >= 0.6 is 0 Å². The second-order valence-corrected chi connectivity index (χ2v) is 20.6. The number of aliphatic hydroxyl groups excluding tert-OH is 1. The summed E-state index contributed by atoms with van der Waals surface area (Å²) >= 11 is 0. The molecule has 3 heterocycles. The van der Waals surface area contributed by atoms with Crippen molar-refractivity contribution >= 4 is 72.2 Å². The molecule has 9 rings (SSSR count). The van der Waals surface area contributed by atoms with Gasteiger partial charge in [-0.3, -0.25) is 14.7 Å². The van der Waals surface area contributed by atoms with E-state index in [1.165, 1.54) is 29.2 Å². The van der Waals surface area contributed by atoms with E-state index in [1.54, 1.807) is 125 Å². The van der Waals surface area contributed by atoms with Crippen molar-refractivity contribution in [3.63, 3.8) is 0 Å². The lowest BCUT2D eigenvalue weighted by molar-refractivity contribution is -0.138. The number of carbonyl (C=O) groups is 2. The number of alkyl halides is 5. The van der Waals surface area contributed by atoms with Gasteiger partial charge in [0.2, 0.25) is 11.9 Å². The fourth-order valence-corrected chi connectivity index (χ4v) is 10.9. The van der Waals surface area contributed by atoms with Crippen LogP contribution in [0.15, 0.2) is 138 Å². The number of halogens is 5. The molecule has 20 heteroatoms. The van der Waals surface area contributed by atoms with Crippen LogP contribution < -0.4 is 20.5 Å². The first-order valence-corrected chi connectivity index (χ1v) is 25.7. The van der Waals surface area contributed by atoms with Crippen LogP contribution in [0.1, 0.15) is 62.7 Å². The molecule has 2 aromatic heterocycles. The number of likely N-dealkylation sites (tertiary alicyclic amines) is 1. The first-order chi connectivity index (χ1) is 35.8. The molecule has 75 heavy (non-hydrogen) atoms. The lowest BCUT2D eigenvalue weighted by Gasteiger charge is -2.31. The summed E-state index contributed by atoms with van der Waals surface area (Å²) < 4.78 is 94.8. The molecule has 1 unspecified atom stereocenters. The second-order valence-electron chi connectivity index (χ2n) is 18.5. The quantitative estimate of drug-likeness (QED) is 0.0543. The predicted octanol–water partition coefficient (Wildman–Crippen LogP) is 10.0. The van der Waals surface area contributed by atoms with Gasteiger partial charge in [0.25, 0.3) is 17.7 Å². The number of carbonyl (C=O) groups excluding carboxylic acids is 2. The highest BCUT2D eigenvalue weighted by Gasteiger charge is 2.34. The molecule has 0 aliphatic carbocycles. The van der Waals surface area contributed by atoms with Gasteiger partial charge >= 0.3 is 6.18 Å². The lowest BCUT2D eigenvalue weighted by atomic mass is 9.98. The summed E-state index contributed by atoms with van der Waals surface area (Å²) in [6.07, 6.45) is -3.63. The second kappa shape index (κ2) is 21.2. The molecule has 1 fully saturated rings. The number of benzene rings is 6. The molecule has 14 nitrogen and oxygen atoms in total. The van der Waals surface area contributed by atoms with Gasteiger partial charge in [0.15, 0.2) is 0 Å². The number of imidazole rings is 2. The van der Waals surface area contributed by atoms with Crippen LogP contribution in [0.5, 0.6) is 5.75 Å². The van der Waals surface area contributed by atoms with Gasteiger partial charge in [0.05, 0.1) is 64.1 Å². The van der Waals surface area contributed by atoms with Gasteiger partial charge in [-0.2, -0.15) is 13.2 Å². The molecule has 1 atom stereocenters. The molecule has 2 amide bonds. The van der Waals surface area contributed by atoms with Gasteiger partial charge < -0.3 is 39.4 Å². The third kappa shape index (κ3) is 11.5. The van der Waals surface area contributed by atoms with E-state index in [0.717, 1.165) is 13.0 Å². The Bertz CT molecular complexity index is 3520. The third-order valence-corrected chi connectivity index (χ3v) is 15.1. The molecule has 1 aliphatic heterocycles. The Morgan fingerprint density at radius 3 is 1.80 bits per heavy atom. The van der Waals surface area contributed by atoms with Crippen LogP contribution in [-0.2, 0) is 34.9 Å². The van der Waals surface area contributed by atoms with Crippen molar-refractivity contribution in [2.75, 3.05) is 51.0 Å². The number of methoxy groups -OCH3 is 1. The summed E-state index contributed by atoms with van der Waals surface area (Å²) in [4.78, 5) is 40.0. The zero-order valence-electron chi connectivity index (χ0n) is 41.2. The fraction of sp³-hybridized carbons (Fsp3) is 0.255. The number of piperidine rings is 1. The number of nitrogens with zero attached hydrogens (tertiary/aromatic N) is 6. The normalized spacial score (nSPS) is 14.2. The number of rotatable bonds is 16. The van der Waals surface area contributed by atoms with Gasteiger partial charge in [0.1, 0.15) is 5.75 Å². The van der Waals surface area contributed by atoms with E-state index in [1.807, 2.05) is 12.1 Å². The molecule has 1 aliphatic rings. The van der Waals surface area contributed by atoms with E-state index in [-0.39, 0.29) is 66.6 Å². The van der Waals surface area contributed by atoms with Crippen LogP contribution in [0.2, 0.25) is 0 Å². The molecule has 6 aromatic carbocycles. The molecule has 0 bridgehead atoms. The van der Waals surface area contributed by atoms with Crippen molar-refractivity contribution in [1.82, 2.24) is 28.9 Å². The number of nitrogens with one attached hydrogen (secondary N) is 2. The van der Waals surface area contributed by atoms with Crippen LogP contribution in [-0.4, -0.2) is 95.8 Å². The summed E-state index contributed by atoms with van der Waals surface area (Å²) in [5.74, 6) is -2.63. The Morgan fingerprint density at radius 1 is 0.760 bits per heavy atom. The van der Waals surface area contributed by atoms with Crippen LogP contribution in [0.25, 0.3) is 22.1 Å². The lowest BCUT2D eigenvalue weighted by Crippen LogP contribution is -2.39. The molecule has 8 aromatic rings. The number of anilines is 4. The van der Waals surface area contributed by atoms with E-state index in [2.05, 4.69) is 10.6 Å². The maximum atomic E-state index is 14.8. The number of likely N-dealkylation sites (N-methyl/N-ethyl adjacent to an activating group) is 1. The Labute approximate surface area is 429 Å². The predicted molar refractivity (Wildman–Crippen MR) is 280 cm³/mol. The Morgan fingerprint density at radius 2 is 1.27 bits per heavy atom. The number of amides is 2. The number of aromatic nitrogens is 4. The van der Waals surface area contributed by atoms with E-state index in [4.69, 9.17) is 19.8 Å². The topological polar surface area (TPSA) is 173 Å². The van der Waals surface area contributed by atoms with Gasteiger partial charge in [-0.1, -0.05) is 42.5 Å². The van der Waals surface area contributed by atoms with Crippen molar-refractivity contribution in [3.8, 4) is 5.75 Å². The zero-order chi connectivity index (χ0) is 53.2. The van der Waals surface area contributed by atoms with E-state index >= 15 is 0 Å². The average molecular weight is 1050 g/mol. The molecule has 1 saturated heterocycles. The zero-order valence-corrected chi connectivity index (χ0v) is 42.0. The minimum absolute atomic E-state index is 0.00209. The van der Waals surface area contributed by atoms with Crippen LogP contribution in [0.4, 0.5) is 45.2 Å². The summed E-state index contributed by atoms with van der Waals surface area (Å²) in [6, 6.07) is 35.2. The standard InChI is InChI=1S/C55H54F5N9O5S/c1-54(56,57)44-10-6-4-8-38(44)32-68-49-23-13-37(31-47(49)65-52(68)62-40-14-18-42(74-3)19-15-40)51(72)67-26-24-35(25-27-67)34-75(61,73)43-20-16-41(17-21-43)63-53-64-46-30-36(50(71)66(2)28-29-70)12-22-48(46)69(53)33-39-9-5-7-11-45(39)55(58,59)60/h4-23,30-31,34-35,70H,24-29,32-33H2,1-3H3,(H2,61,73)(H,62,65)(H,63,64). The first kappa shape index (κ1) is 52.1. The largest absolute Gasteiger partial charge is 0.497 e. The van der Waals surface area contributed by atoms with Crippen molar-refractivity contribution in [1.29, 1.82) is 0 Å². The van der Waals surface area contributed by atoms with Gasteiger partial charge in [-0.05, 0) is 126 Å². The minimum atomic E-state index is -4.61. The maximum absolute atomic E-state index is 14.8. The average Bonchev–Trinajstić information content (AvgIpc) is 3.91. The van der Waals surface area contributed by atoms with Gasteiger partial charge in [-0.15, -0.1) is 0 Å². The van der Waals surface area contributed by atoms with Crippen molar-refractivity contribution in [2.45, 2.75) is 49.8 Å². The number of nitrogens with two attached hydrogens (primary N) is 1. The van der Waals surface area contributed by atoms with E-state index in [9.17, 15) is 40.9 Å². The Hall–Kier alpha value is -7.81. The van der Waals surface area contributed by atoms with Crippen molar-refractivity contribution in [2.24, 2.45) is 11.1 Å². The summed E-state index contributed by atoms with van der Waals surface area (Å²) in [5.41, 5.74) is 3.27. The minimum Gasteiger partial charge on any atom is -0.497 e. The highest BCUT2D eigenvalue weighted by molar-refractivity contribution is 7.99. The van der Waals surface area contributed by atoms with Crippen LogP contribution in [0.3, 0.4) is 0 Å². The molecule has 390 valence electrons. The SMILES string of the molecule is COc1ccc(Nc2nc3cc(C(=O)N4CCC(C=S(N)(=O)c5ccc(Nc6nc7cc(C(=O)N(C)CCO)ccc7n6Cc6ccccc6C(F)(F)F)cc5)CC4)ccc3n2Cc2ccccc2C(C)(F)F)cc1. The fourth-order valence-electron chi connectivity index (χ4n) is 9.34. The highest BCUT2D eigenvalue weighted by Crippen LogP contribution is 2.36. The summed E-state index contributed by atoms with van der Waals surface area (Å²) in [6.45, 7) is 1.32. The number of fused-ring (bicyclic) bond motifs is 2. The molecule has 5 N–H and O–H groups in total. The van der Waals surface area contributed by atoms with Gasteiger partial charge in [0, 0.05) is 66.6 Å². The molecular weight excluding hydrogens is 994 g/mol. The van der Waals surface area contributed by atoms with Crippen molar-refractivity contribution < 1.29 is 45.6 Å². The monoisotopic (exact) mass is 1050 g/mol. The van der Waals surface area contributed by atoms with Gasteiger partial charge in [-0.25, -0.2) is 23.0 Å². The van der Waals surface area contributed by atoms with Crippen molar-refractivity contribution in [3.05, 3.63) is 167 Å². The third-order valence-electron chi connectivity index (χ3n) is 13.3. The molecule has 0 saturated carbocycles. The summed E-state index contributed by atoms with van der Waals surface area (Å²) in [7, 11) is -0.0766. The number of hydrogen-bond donors (Lipinski definition) is 4. The van der Waals surface area contributed by atoms with E-state index < -0.39 is 27.4 Å². The van der Waals surface area contributed by atoms with Crippen LogP contribution in [0, 0.1) is 5.92 Å². The Balaban J connectivity index is 0.907.